The Labute approximate surface area is 220 Å². The van der Waals surface area contributed by atoms with Crippen LogP contribution in [0.15, 0.2) is 52.5 Å². The lowest BCUT2D eigenvalue weighted by Gasteiger charge is -2.11. The number of fused-ring (bicyclic) bond motifs is 1. The van der Waals surface area contributed by atoms with E-state index in [9.17, 15) is 8.42 Å². The highest BCUT2D eigenvalue weighted by atomic mass is 35.5. The molecule has 12 heteroatoms. The zero-order valence-corrected chi connectivity index (χ0v) is 23.1. The van der Waals surface area contributed by atoms with Gasteiger partial charge in [-0.05, 0) is 55.8 Å². The van der Waals surface area contributed by atoms with E-state index in [1.165, 1.54) is 18.4 Å². The van der Waals surface area contributed by atoms with Crippen LogP contribution in [0.1, 0.15) is 19.2 Å². The summed E-state index contributed by atoms with van der Waals surface area (Å²) in [5, 5.41) is 10.4. The van der Waals surface area contributed by atoms with E-state index in [0.29, 0.717) is 36.0 Å². The molecule has 36 heavy (non-hydrogen) atoms. The van der Waals surface area contributed by atoms with Gasteiger partial charge >= 0.3 is 0 Å². The predicted molar refractivity (Wildman–Crippen MR) is 143 cm³/mol. The molecule has 2 aromatic heterocycles. The molecule has 2 aromatic carbocycles. The van der Waals surface area contributed by atoms with Gasteiger partial charge < -0.3 is 13.9 Å². The molecule has 0 N–H and O–H groups in total. The minimum absolute atomic E-state index is 0.227. The van der Waals surface area contributed by atoms with Gasteiger partial charge in [-0.3, -0.25) is 0 Å². The molecule has 0 aliphatic heterocycles. The molecule has 0 amide bonds. The number of aromatic nitrogens is 5. The Bertz CT molecular complexity index is 1450. The number of aryl methyl sites for hydroxylation is 1. The van der Waals surface area contributed by atoms with Crippen LogP contribution in [0.3, 0.4) is 0 Å². The second-order valence-corrected chi connectivity index (χ2v) is 11.8. The van der Waals surface area contributed by atoms with Gasteiger partial charge in [-0.25, -0.2) is 17.7 Å². The van der Waals surface area contributed by atoms with E-state index in [1.807, 2.05) is 37.3 Å². The van der Waals surface area contributed by atoms with E-state index < -0.39 is 10.0 Å². The third kappa shape index (κ3) is 5.45. The van der Waals surface area contributed by atoms with Gasteiger partial charge in [-0.2, -0.15) is 0 Å². The molecule has 0 unspecified atom stereocenters. The second kappa shape index (κ2) is 11.3. The molecule has 0 aliphatic carbocycles. The first kappa shape index (κ1) is 26.6. The number of thioether (sulfide) groups is 1. The fourth-order valence-electron chi connectivity index (χ4n) is 3.90. The van der Waals surface area contributed by atoms with E-state index in [-0.39, 0.29) is 4.90 Å². The van der Waals surface area contributed by atoms with E-state index in [1.54, 1.807) is 31.0 Å². The minimum atomic E-state index is -3.54. The third-order valence-corrected chi connectivity index (χ3v) is 8.80. The van der Waals surface area contributed by atoms with Gasteiger partial charge in [0, 0.05) is 51.5 Å². The molecular weight excluding hydrogens is 520 g/mol. The fourth-order valence-corrected chi connectivity index (χ4v) is 5.86. The highest BCUT2D eigenvalue weighted by Gasteiger charge is 2.20. The predicted octanol–water partition coefficient (Wildman–Crippen LogP) is 4.55. The maximum absolute atomic E-state index is 12.6. The Morgan fingerprint density at radius 3 is 2.50 bits per heavy atom. The number of halogens is 1. The zero-order valence-electron chi connectivity index (χ0n) is 20.7. The van der Waals surface area contributed by atoms with Crippen molar-refractivity contribution in [2.75, 3.05) is 27.8 Å². The summed E-state index contributed by atoms with van der Waals surface area (Å²) in [6, 6.07) is 12.6. The third-order valence-electron chi connectivity index (χ3n) is 5.77. The molecule has 0 spiro atoms. The Hall–Kier alpha value is -2.44. The van der Waals surface area contributed by atoms with Crippen LogP contribution in [0.5, 0.6) is 0 Å². The van der Waals surface area contributed by atoms with Crippen LogP contribution >= 0.6 is 23.4 Å². The topological polar surface area (TPSA) is 95.1 Å². The van der Waals surface area contributed by atoms with Gasteiger partial charge in [0.05, 0.1) is 21.7 Å². The molecule has 0 atom stereocenters. The van der Waals surface area contributed by atoms with E-state index >= 15 is 0 Å². The van der Waals surface area contributed by atoms with Gasteiger partial charge in [0.15, 0.2) is 11.0 Å². The summed E-state index contributed by atoms with van der Waals surface area (Å²) in [4.78, 5) is 5.01. The molecule has 0 radical (unpaired) electrons. The molecule has 0 fully saturated rings. The van der Waals surface area contributed by atoms with Gasteiger partial charge in [-0.1, -0.05) is 23.4 Å². The summed E-state index contributed by atoms with van der Waals surface area (Å²) in [7, 11) is 1.19. The van der Waals surface area contributed by atoms with Crippen molar-refractivity contribution in [1.29, 1.82) is 0 Å². The van der Waals surface area contributed by atoms with Crippen molar-refractivity contribution in [3.05, 3.63) is 53.3 Å². The Balaban J connectivity index is 1.64. The Morgan fingerprint density at radius 1 is 1.08 bits per heavy atom. The van der Waals surface area contributed by atoms with E-state index in [4.69, 9.17) is 21.3 Å². The fraction of sp³-hybridized carbons (Fsp3) is 0.375. The summed E-state index contributed by atoms with van der Waals surface area (Å²) in [6.45, 7) is 4.09. The van der Waals surface area contributed by atoms with Crippen molar-refractivity contribution in [1.82, 2.24) is 28.6 Å². The summed E-state index contributed by atoms with van der Waals surface area (Å²) >= 11 is 7.62. The van der Waals surface area contributed by atoms with Crippen LogP contribution in [0.2, 0.25) is 5.02 Å². The Kier molecular flexibility index (Phi) is 8.36. The first-order valence-electron chi connectivity index (χ1n) is 11.5. The summed E-state index contributed by atoms with van der Waals surface area (Å²) in [5.41, 5.74) is 2.49. The molecule has 2 heterocycles. The number of nitrogens with zero attached hydrogens (tertiary/aromatic N) is 6. The quantitative estimate of drug-likeness (QED) is 0.200. The maximum atomic E-state index is 12.6. The molecule has 0 saturated carbocycles. The van der Waals surface area contributed by atoms with Crippen LogP contribution < -0.4 is 0 Å². The molecule has 4 rings (SSSR count). The van der Waals surface area contributed by atoms with Crippen LogP contribution in [0, 0.1) is 0 Å². The first-order valence-corrected chi connectivity index (χ1v) is 14.3. The van der Waals surface area contributed by atoms with Crippen molar-refractivity contribution in [2.24, 2.45) is 0 Å². The number of methoxy groups -OCH3 is 1. The highest BCUT2D eigenvalue weighted by molar-refractivity contribution is 7.98. The molecule has 0 aliphatic rings. The monoisotopic (exact) mass is 548 g/mol. The normalized spacial score (nSPS) is 12.2. The van der Waals surface area contributed by atoms with Gasteiger partial charge in [0.2, 0.25) is 10.0 Å². The van der Waals surface area contributed by atoms with Gasteiger partial charge in [-0.15, -0.1) is 10.2 Å². The smallest absolute Gasteiger partial charge is 0.242 e. The molecular formula is C24H29ClN6O3S2. The lowest BCUT2D eigenvalue weighted by atomic mass is 10.2. The average Bonchev–Trinajstić information content (AvgIpc) is 3.43. The molecule has 192 valence electrons. The number of imidazole rings is 1. The lowest BCUT2D eigenvalue weighted by molar-refractivity contribution is 0.189. The van der Waals surface area contributed by atoms with Gasteiger partial charge in [0.1, 0.15) is 5.82 Å². The molecule has 9 nitrogen and oxygen atoms in total. The highest BCUT2D eigenvalue weighted by Crippen LogP contribution is 2.29. The Morgan fingerprint density at radius 2 is 1.83 bits per heavy atom. The molecule has 0 bridgehead atoms. The maximum Gasteiger partial charge on any atom is 0.242 e. The second-order valence-electron chi connectivity index (χ2n) is 8.31. The largest absolute Gasteiger partial charge is 0.385 e. The number of hydrogen-bond acceptors (Lipinski definition) is 7. The van der Waals surface area contributed by atoms with E-state index in [0.717, 1.165) is 34.3 Å². The summed E-state index contributed by atoms with van der Waals surface area (Å²) in [6.07, 6.45) is 0.819. The SMILES string of the molecule is CCn1c(CSc2nnc(-c3ccc(Cl)cc3)n2CCCOC)nc2cc(S(=O)(=O)N(C)C)ccc21. The number of benzene rings is 2. The van der Waals surface area contributed by atoms with Crippen molar-refractivity contribution in [2.45, 2.75) is 42.2 Å². The van der Waals surface area contributed by atoms with Crippen LogP contribution in [0.4, 0.5) is 0 Å². The lowest BCUT2D eigenvalue weighted by Crippen LogP contribution is -2.22. The van der Waals surface area contributed by atoms with Crippen molar-refractivity contribution in [3.8, 4) is 11.4 Å². The van der Waals surface area contributed by atoms with E-state index in [2.05, 4.69) is 19.3 Å². The average molecular weight is 549 g/mol. The van der Waals surface area contributed by atoms with Gasteiger partial charge in [0.25, 0.3) is 0 Å². The number of rotatable bonds is 11. The standard InChI is InChI=1S/C24H29ClN6O3S2/c1-5-30-21-12-11-19(36(32,33)29(2)3)15-20(21)26-22(30)16-35-24-28-27-23(31(24)13-6-14-34-4)17-7-9-18(25)10-8-17/h7-12,15H,5-6,13-14,16H2,1-4H3. The van der Waals surface area contributed by atoms with Crippen LogP contribution in [0.25, 0.3) is 22.4 Å². The zero-order chi connectivity index (χ0) is 25.9. The number of ether oxygens (including phenoxy) is 1. The minimum Gasteiger partial charge on any atom is -0.385 e. The first-order chi connectivity index (χ1) is 17.3. The molecule has 0 saturated heterocycles. The molecule has 4 aromatic rings. The van der Waals surface area contributed by atoms with Crippen LogP contribution in [-0.2, 0) is 33.6 Å². The summed E-state index contributed by atoms with van der Waals surface area (Å²) in [5.74, 6) is 2.17. The number of hydrogen-bond donors (Lipinski definition) is 0. The van der Waals surface area contributed by atoms with Crippen molar-refractivity contribution < 1.29 is 13.2 Å². The number of sulfonamides is 1. The van der Waals surface area contributed by atoms with Crippen molar-refractivity contribution >= 4 is 44.4 Å². The van der Waals surface area contributed by atoms with Crippen molar-refractivity contribution in [3.63, 3.8) is 0 Å². The van der Waals surface area contributed by atoms with Crippen LogP contribution in [-0.4, -0.2) is 64.9 Å². The summed E-state index contributed by atoms with van der Waals surface area (Å²) < 4.78 is 35.8.